The quantitative estimate of drug-likeness (QED) is 0.372. The van der Waals surface area contributed by atoms with Gasteiger partial charge in [0.2, 0.25) is 5.91 Å². The summed E-state index contributed by atoms with van der Waals surface area (Å²) in [4.78, 5) is 12.2. The highest BCUT2D eigenvalue weighted by atomic mass is 16.3. The molecule has 0 bridgehead atoms. The van der Waals surface area contributed by atoms with Crippen LogP contribution in [0.4, 0.5) is 0 Å². The number of aliphatic hydroxyl groups excluding tert-OH is 3. The molecule has 4 rings (SSSR count). The third-order valence-corrected chi connectivity index (χ3v) is 11.0. The van der Waals surface area contributed by atoms with Gasteiger partial charge in [-0.3, -0.25) is 4.79 Å². The number of rotatable bonds is 7. The topological polar surface area (TPSA) is 116 Å². The molecule has 0 radical (unpaired) electrons. The van der Waals surface area contributed by atoms with Crippen molar-refractivity contribution in [3.05, 3.63) is 0 Å². The molecule has 0 aromatic carbocycles. The molecule has 4 aliphatic carbocycles. The van der Waals surface area contributed by atoms with Gasteiger partial charge in [-0.15, -0.1) is 0 Å². The molecule has 0 heterocycles. The monoisotopic (exact) mass is 464 g/mol. The third kappa shape index (κ3) is 4.39. The van der Waals surface area contributed by atoms with Gasteiger partial charge in [-0.2, -0.15) is 0 Å². The van der Waals surface area contributed by atoms with Crippen LogP contribution in [0.25, 0.3) is 0 Å². The van der Waals surface area contributed by atoms with Gasteiger partial charge in [0.05, 0.1) is 18.3 Å². The average molecular weight is 465 g/mol. The van der Waals surface area contributed by atoms with Crippen LogP contribution in [0.2, 0.25) is 0 Å². The van der Waals surface area contributed by atoms with Crippen LogP contribution in [0, 0.1) is 46.3 Å². The van der Waals surface area contributed by atoms with Crippen molar-refractivity contribution in [2.75, 3.05) is 13.1 Å². The van der Waals surface area contributed by atoms with Crippen molar-refractivity contribution in [3.63, 3.8) is 0 Å². The minimum absolute atomic E-state index is 0.00392. The van der Waals surface area contributed by atoms with E-state index in [1.807, 2.05) is 0 Å². The zero-order valence-corrected chi connectivity index (χ0v) is 21.0. The number of fused-ring (bicyclic) bond motifs is 5. The predicted octanol–water partition coefficient (Wildman–Crippen LogP) is 2.83. The maximum Gasteiger partial charge on any atom is 0.220 e. The number of hydrogen-bond acceptors (Lipinski definition) is 5. The summed E-state index contributed by atoms with van der Waals surface area (Å²) in [7, 11) is 0. The third-order valence-electron chi connectivity index (χ3n) is 11.0. The second kappa shape index (κ2) is 9.75. The second-order valence-electron chi connectivity index (χ2n) is 12.5. The average Bonchev–Trinajstić information content (AvgIpc) is 3.14. The molecule has 0 unspecified atom stereocenters. The van der Waals surface area contributed by atoms with Gasteiger partial charge in [0.25, 0.3) is 0 Å². The maximum absolute atomic E-state index is 12.2. The van der Waals surface area contributed by atoms with E-state index in [0.717, 1.165) is 44.9 Å². The summed E-state index contributed by atoms with van der Waals surface area (Å²) in [5.41, 5.74) is 5.69. The van der Waals surface area contributed by atoms with Gasteiger partial charge in [0.15, 0.2) is 0 Å². The van der Waals surface area contributed by atoms with E-state index in [2.05, 4.69) is 26.1 Å². The summed E-state index contributed by atoms with van der Waals surface area (Å²) in [6.45, 7) is 8.33. The standard InChI is InChI=1S/C27H48N2O4/c1-16(5-8-22(31)29-14-4-13-28)18-6-7-19-23-20(10-12-26(18,19)2)27(3)11-9-17(30)15-21(27)24(32)25(23)33/h16-21,23-25,30,32-33H,4-15,28H2,1-3H3,(H,29,31)/t16-,17-,18-,19+,20+,21+,23+,24+,25-,26-,27-/m0/s1. The van der Waals surface area contributed by atoms with Gasteiger partial charge in [-0.1, -0.05) is 20.8 Å². The molecule has 6 nitrogen and oxygen atoms in total. The summed E-state index contributed by atoms with van der Waals surface area (Å²) >= 11 is 0. The van der Waals surface area contributed by atoms with E-state index in [1.54, 1.807) is 0 Å². The Balaban J connectivity index is 1.46. The summed E-state index contributed by atoms with van der Waals surface area (Å²) < 4.78 is 0. The molecule has 0 aromatic rings. The molecule has 0 aliphatic heterocycles. The number of nitrogens with two attached hydrogens (primary N) is 1. The van der Waals surface area contributed by atoms with Gasteiger partial charge >= 0.3 is 0 Å². The van der Waals surface area contributed by atoms with Gasteiger partial charge in [0, 0.05) is 13.0 Å². The SMILES string of the molecule is C[C@@H](CCC(=O)NCCCN)[C@@H]1CC[C@@H]2[C@H]3[C@H](O)[C@H](O)[C@H]4C[C@@H](O)CC[C@@]4(C)[C@@H]3CC[C@]21C. The van der Waals surface area contributed by atoms with Crippen molar-refractivity contribution in [2.24, 2.45) is 52.1 Å². The molecular weight excluding hydrogens is 416 g/mol. The maximum atomic E-state index is 12.2. The fraction of sp³-hybridized carbons (Fsp3) is 0.963. The molecule has 4 aliphatic rings. The van der Waals surface area contributed by atoms with Crippen LogP contribution in [-0.2, 0) is 4.79 Å². The van der Waals surface area contributed by atoms with Crippen molar-refractivity contribution in [2.45, 2.75) is 103 Å². The fourth-order valence-electron chi connectivity index (χ4n) is 9.19. The van der Waals surface area contributed by atoms with Crippen molar-refractivity contribution in [1.29, 1.82) is 0 Å². The van der Waals surface area contributed by atoms with Crippen LogP contribution in [0.3, 0.4) is 0 Å². The number of amides is 1. The van der Waals surface area contributed by atoms with Crippen LogP contribution in [0.15, 0.2) is 0 Å². The minimum Gasteiger partial charge on any atom is -0.393 e. The zero-order valence-electron chi connectivity index (χ0n) is 21.0. The van der Waals surface area contributed by atoms with Gasteiger partial charge in [-0.05, 0) is 111 Å². The van der Waals surface area contributed by atoms with E-state index in [1.165, 1.54) is 6.42 Å². The van der Waals surface area contributed by atoms with Gasteiger partial charge in [0.1, 0.15) is 0 Å². The lowest BCUT2D eigenvalue weighted by molar-refractivity contribution is -0.223. The highest BCUT2D eigenvalue weighted by Gasteiger charge is 2.65. The first-order valence-corrected chi connectivity index (χ1v) is 13.6. The van der Waals surface area contributed by atoms with E-state index in [9.17, 15) is 20.1 Å². The Morgan fingerprint density at radius 1 is 1.00 bits per heavy atom. The summed E-state index contributed by atoms with van der Waals surface area (Å²) in [5.74, 6) is 2.15. The number of carbonyl (C=O) groups excluding carboxylic acids is 1. The number of nitrogens with one attached hydrogen (secondary N) is 1. The summed E-state index contributed by atoms with van der Waals surface area (Å²) in [6.07, 6.45) is 7.44. The fourth-order valence-corrected chi connectivity index (χ4v) is 9.19. The van der Waals surface area contributed by atoms with Crippen LogP contribution in [0.5, 0.6) is 0 Å². The predicted molar refractivity (Wildman–Crippen MR) is 129 cm³/mol. The van der Waals surface area contributed by atoms with Gasteiger partial charge < -0.3 is 26.4 Å². The molecule has 6 heteroatoms. The van der Waals surface area contributed by atoms with E-state index >= 15 is 0 Å². The molecule has 0 aromatic heterocycles. The first-order valence-electron chi connectivity index (χ1n) is 13.6. The molecule has 11 atom stereocenters. The molecular formula is C27H48N2O4. The Bertz CT molecular complexity index is 704. The van der Waals surface area contributed by atoms with E-state index in [0.29, 0.717) is 49.6 Å². The highest BCUT2D eigenvalue weighted by molar-refractivity contribution is 5.75. The minimum atomic E-state index is -0.734. The number of hydrogen-bond donors (Lipinski definition) is 5. The Kier molecular flexibility index (Phi) is 7.51. The summed E-state index contributed by atoms with van der Waals surface area (Å²) in [5, 5.41) is 35.8. The smallest absolute Gasteiger partial charge is 0.220 e. The Hall–Kier alpha value is -0.690. The Morgan fingerprint density at radius 2 is 1.70 bits per heavy atom. The van der Waals surface area contributed by atoms with Crippen molar-refractivity contribution in [3.8, 4) is 0 Å². The second-order valence-corrected chi connectivity index (χ2v) is 12.5. The molecule has 0 spiro atoms. The largest absolute Gasteiger partial charge is 0.393 e. The molecule has 0 saturated heterocycles. The van der Waals surface area contributed by atoms with Crippen molar-refractivity contribution >= 4 is 5.91 Å². The molecule has 6 N–H and O–H groups in total. The number of aliphatic hydroxyl groups is 3. The van der Waals surface area contributed by atoms with Crippen LogP contribution in [-0.4, -0.2) is 52.6 Å². The molecule has 33 heavy (non-hydrogen) atoms. The van der Waals surface area contributed by atoms with E-state index in [4.69, 9.17) is 5.73 Å². The first-order chi connectivity index (χ1) is 15.6. The normalized spacial score (nSPS) is 47.8. The molecule has 4 fully saturated rings. The van der Waals surface area contributed by atoms with Crippen molar-refractivity contribution in [1.82, 2.24) is 5.32 Å². The molecule has 190 valence electrons. The van der Waals surface area contributed by atoms with E-state index < -0.39 is 12.2 Å². The lowest BCUT2D eigenvalue weighted by Gasteiger charge is -2.63. The van der Waals surface area contributed by atoms with Crippen LogP contribution >= 0.6 is 0 Å². The zero-order chi connectivity index (χ0) is 24.0. The lowest BCUT2D eigenvalue weighted by Crippen LogP contribution is -2.64. The Morgan fingerprint density at radius 3 is 2.42 bits per heavy atom. The highest BCUT2D eigenvalue weighted by Crippen LogP contribution is 2.68. The van der Waals surface area contributed by atoms with E-state index in [-0.39, 0.29) is 34.7 Å². The van der Waals surface area contributed by atoms with Crippen molar-refractivity contribution < 1.29 is 20.1 Å². The van der Waals surface area contributed by atoms with Crippen LogP contribution < -0.4 is 11.1 Å². The molecule has 1 amide bonds. The number of carbonyl (C=O) groups is 1. The Labute approximate surface area is 200 Å². The van der Waals surface area contributed by atoms with Gasteiger partial charge in [-0.25, -0.2) is 0 Å². The first kappa shape index (κ1) is 25.4. The van der Waals surface area contributed by atoms with Crippen LogP contribution in [0.1, 0.15) is 85.0 Å². The molecule has 4 saturated carbocycles. The lowest BCUT2D eigenvalue weighted by atomic mass is 9.43. The summed E-state index contributed by atoms with van der Waals surface area (Å²) in [6, 6.07) is 0.